The molecule has 78 valence electrons. The summed E-state index contributed by atoms with van der Waals surface area (Å²) in [5.74, 6) is 0.639. The van der Waals surface area contributed by atoms with Crippen LogP contribution in [0.15, 0.2) is 30.7 Å². The van der Waals surface area contributed by atoms with E-state index in [9.17, 15) is 5.11 Å². The van der Waals surface area contributed by atoms with E-state index in [2.05, 4.69) is 10.1 Å². The zero-order chi connectivity index (χ0) is 10.8. The van der Waals surface area contributed by atoms with Crippen molar-refractivity contribution < 1.29 is 5.11 Å². The third-order valence-electron chi connectivity index (χ3n) is 2.04. The van der Waals surface area contributed by atoms with Gasteiger partial charge in [0.1, 0.15) is 0 Å². The molecule has 0 radical (unpaired) electrons. The second-order valence-corrected chi connectivity index (χ2v) is 3.66. The fourth-order valence-corrected chi connectivity index (χ4v) is 1.38. The lowest BCUT2D eigenvalue weighted by Gasteiger charge is -2.06. The third kappa shape index (κ3) is 2.16. The molecule has 0 aliphatic rings. The molecule has 0 saturated heterocycles. The largest absolute Gasteiger partial charge is 0.389 e. The molecule has 0 spiro atoms. The molecule has 0 unspecified atom stereocenters. The number of hydrogen-bond acceptors (Lipinski definition) is 3. The predicted octanol–water partition coefficient (Wildman–Crippen LogP) is 1.97. The molecule has 2 aromatic rings. The average Bonchev–Trinajstić information content (AvgIpc) is 2.65. The van der Waals surface area contributed by atoms with Crippen molar-refractivity contribution in [1.29, 1.82) is 0 Å². The Morgan fingerprint density at radius 2 is 2.33 bits per heavy atom. The molecule has 0 bridgehead atoms. The Kier molecular flexibility index (Phi) is 2.70. The average molecular weight is 224 g/mol. The molecule has 2 aromatic heterocycles. The molecular weight excluding hydrogens is 214 g/mol. The highest BCUT2D eigenvalue weighted by molar-refractivity contribution is 6.30. The topological polar surface area (TPSA) is 50.9 Å². The summed E-state index contributed by atoms with van der Waals surface area (Å²) < 4.78 is 1.56. The van der Waals surface area contributed by atoms with Crippen LogP contribution in [0, 0.1) is 0 Å². The van der Waals surface area contributed by atoms with Crippen LogP contribution in [-0.4, -0.2) is 19.9 Å². The van der Waals surface area contributed by atoms with Gasteiger partial charge in [0.2, 0.25) is 0 Å². The van der Waals surface area contributed by atoms with Crippen LogP contribution in [0.4, 0.5) is 0 Å². The Morgan fingerprint density at radius 1 is 1.53 bits per heavy atom. The minimum Gasteiger partial charge on any atom is -0.389 e. The van der Waals surface area contributed by atoms with Crippen molar-refractivity contribution in [1.82, 2.24) is 14.8 Å². The van der Waals surface area contributed by atoms with Gasteiger partial charge in [0.15, 0.2) is 5.82 Å². The molecule has 0 aliphatic carbocycles. The van der Waals surface area contributed by atoms with Crippen LogP contribution in [0.3, 0.4) is 0 Å². The van der Waals surface area contributed by atoms with Gasteiger partial charge in [-0.3, -0.25) is 0 Å². The minimum absolute atomic E-state index is 0.516. The molecule has 4 nitrogen and oxygen atoms in total. The fraction of sp³-hybridized carbons (Fsp3) is 0.200. The quantitative estimate of drug-likeness (QED) is 0.847. The summed E-state index contributed by atoms with van der Waals surface area (Å²) in [6, 6.07) is 3.53. The maximum atomic E-state index is 9.42. The molecule has 2 rings (SSSR count). The van der Waals surface area contributed by atoms with E-state index in [4.69, 9.17) is 11.6 Å². The molecule has 1 N–H and O–H groups in total. The summed E-state index contributed by atoms with van der Waals surface area (Å²) in [6.45, 7) is 1.70. The van der Waals surface area contributed by atoms with E-state index >= 15 is 0 Å². The Balaban J connectivity index is 2.41. The zero-order valence-corrected chi connectivity index (χ0v) is 8.89. The summed E-state index contributed by atoms with van der Waals surface area (Å²) in [5, 5.41) is 14.0. The lowest BCUT2D eigenvalue weighted by atomic mass is 10.2. The molecule has 0 aliphatic heterocycles. The second-order valence-electron chi connectivity index (χ2n) is 3.23. The highest BCUT2D eigenvalue weighted by Gasteiger charge is 2.04. The van der Waals surface area contributed by atoms with Crippen molar-refractivity contribution in [2.75, 3.05) is 0 Å². The van der Waals surface area contributed by atoms with Gasteiger partial charge in [-0.25, -0.2) is 9.67 Å². The maximum absolute atomic E-state index is 9.42. The minimum atomic E-state index is -0.516. The van der Waals surface area contributed by atoms with E-state index in [0.29, 0.717) is 10.8 Å². The second kappa shape index (κ2) is 4.00. The maximum Gasteiger partial charge on any atom is 0.153 e. The number of rotatable bonds is 2. The number of halogens is 1. The van der Waals surface area contributed by atoms with Gasteiger partial charge in [0, 0.05) is 6.20 Å². The van der Waals surface area contributed by atoms with Crippen LogP contribution in [0.1, 0.15) is 18.6 Å². The van der Waals surface area contributed by atoms with Gasteiger partial charge in [0.05, 0.1) is 23.5 Å². The summed E-state index contributed by atoms with van der Waals surface area (Å²) in [7, 11) is 0. The zero-order valence-electron chi connectivity index (χ0n) is 8.13. The highest BCUT2D eigenvalue weighted by Crippen LogP contribution is 2.15. The van der Waals surface area contributed by atoms with Crippen molar-refractivity contribution in [2.24, 2.45) is 0 Å². The third-order valence-corrected chi connectivity index (χ3v) is 2.23. The Hall–Kier alpha value is -1.39. The molecule has 15 heavy (non-hydrogen) atoms. The van der Waals surface area contributed by atoms with Gasteiger partial charge < -0.3 is 5.11 Å². The standard InChI is InChI=1S/C10H10ClN3O/c1-7(15)8-2-3-12-10(4-8)14-6-9(11)5-13-14/h2-7,15H,1H3/t7-/m0/s1. The molecule has 1 atom stereocenters. The van der Waals surface area contributed by atoms with Crippen LogP contribution in [-0.2, 0) is 0 Å². The predicted molar refractivity (Wildman–Crippen MR) is 57.0 cm³/mol. The summed E-state index contributed by atoms with van der Waals surface area (Å²) >= 11 is 5.75. The highest BCUT2D eigenvalue weighted by atomic mass is 35.5. The van der Waals surface area contributed by atoms with Crippen molar-refractivity contribution in [2.45, 2.75) is 13.0 Å². The van der Waals surface area contributed by atoms with E-state index in [1.54, 1.807) is 36.1 Å². The first-order valence-corrected chi connectivity index (χ1v) is 4.89. The van der Waals surface area contributed by atoms with Crippen LogP contribution < -0.4 is 0 Å². The number of aliphatic hydroxyl groups is 1. The summed E-state index contributed by atoms with van der Waals surface area (Å²) in [6.07, 6.45) is 4.32. The summed E-state index contributed by atoms with van der Waals surface area (Å²) in [5.41, 5.74) is 0.798. The monoisotopic (exact) mass is 223 g/mol. The molecule has 0 fully saturated rings. The Labute approximate surface area is 92.1 Å². The van der Waals surface area contributed by atoms with Crippen LogP contribution in [0.25, 0.3) is 5.82 Å². The van der Waals surface area contributed by atoms with E-state index in [-0.39, 0.29) is 0 Å². The Bertz CT molecular complexity index is 467. The van der Waals surface area contributed by atoms with Crippen LogP contribution in [0.5, 0.6) is 0 Å². The number of aliphatic hydroxyl groups excluding tert-OH is 1. The lowest BCUT2D eigenvalue weighted by Crippen LogP contribution is -2.00. The Morgan fingerprint density at radius 3 is 2.93 bits per heavy atom. The first kappa shape index (κ1) is 10.1. The van der Waals surface area contributed by atoms with Crippen molar-refractivity contribution in [3.63, 3.8) is 0 Å². The number of hydrogen-bond donors (Lipinski definition) is 1. The van der Waals surface area contributed by atoms with Crippen molar-refractivity contribution >= 4 is 11.6 Å². The van der Waals surface area contributed by atoms with Crippen LogP contribution in [0.2, 0.25) is 5.02 Å². The van der Waals surface area contributed by atoms with Gasteiger partial charge >= 0.3 is 0 Å². The van der Waals surface area contributed by atoms with E-state index in [0.717, 1.165) is 5.56 Å². The summed E-state index contributed by atoms with van der Waals surface area (Å²) in [4.78, 5) is 4.14. The smallest absolute Gasteiger partial charge is 0.153 e. The van der Waals surface area contributed by atoms with Gasteiger partial charge in [-0.15, -0.1) is 0 Å². The molecule has 0 amide bonds. The van der Waals surface area contributed by atoms with Gasteiger partial charge in [-0.1, -0.05) is 11.6 Å². The first-order valence-electron chi connectivity index (χ1n) is 4.51. The fourth-order valence-electron chi connectivity index (χ4n) is 1.25. The first-order chi connectivity index (χ1) is 7.16. The number of aromatic nitrogens is 3. The van der Waals surface area contributed by atoms with Crippen molar-refractivity contribution in [3.8, 4) is 5.82 Å². The molecular formula is C10H10ClN3O. The SMILES string of the molecule is C[C@H](O)c1ccnc(-n2cc(Cl)cn2)c1. The normalized spacial score (nSPS) is 12.7. The molecule has 0 saturated carbocycles. The molecule has 5 heteroatoms. The lowest BCUT2D eigenvalue weighted by molar-refractivity contribution is 0.199. The molecule has 2 heterocycles. The molecule has 0 aromatic carbocycles. The van der Waals surface area contributed by atoms with Crippen LogP contribution >= 0.6 is 11.6 Å². The number of nitrogens with zero attached hydrogens (tertiary/aromatic N) is 3. The van der Waals surface area contributed by atoms with Gasteiger partial charge in [-0.05, 0) is 24.6 Å². The van der Waals surface area contributed by atoms with Crippen molar-refractivity contribution in [3.05, 3.63) is 41.3 Å². The van der Waals surface area contributed by atoms with Gasteiger partial charge in [0.25, 0.3) is 0 Å². The van der Waals surface area contributed by atoms with E-state index in [1.165, 1.54) is 6.20 Å². The van der Waals surface area contributed by atoms with E-state index < -0.39 is 6.10 Å². The number of pyridine rings is 1. The van der Waals surface area contributed by atoms with Gasteiger partial charge in [-0.2, -0.15) is 5.10 Å². The van der Waals surface area contributed by atoms with E-state index in [1.807, 2.05) is 0 Å².